The number of aliphatic carboxylic acids is 1. The van der Waals surface area contributed by atoms with Gasteiger partial charge in [-0.1, -0.05) is 43.2 Å². The Kier molecular flexibility index (Phi) is 8.17. The molecule has 0 aliphatic heterocycles. The van der Waals surface area contributed by atoms with Gasteiger partial charge in [-0.25, -0.2) is 4.39 Å². The van der Waals surface area contributed by atoms with Crippen LogP contribution < -0.4 is 16.6 Å². The van der Waals surface area contributed by atoms with Gasteiger partial charge in [0.15, 0.2) is 5.78 Å². The maximum Gasteiger partial charge on any atom is 0.324 e. The normalized spacial score (nSPS) is 21.1. The van der Waals surface area contributed by atoms with Crippen molar-refractivity contribution >= 4 is 17.6 Å². The molecule has 5 rings (SSSR count). The number of pyridine rings is 1. The van der Waals surface area contributed by atoms with Crippen LogP contribution in [0.25, 0.3) is 0 Å². The Morgan fingerprint density at radius 2 is 1.57 bits per heavy atom. The Morgan fingerprint density at radius 3 is 2.20 bits per heavy atom. The molecule has 3 aromatic rings. The van der Waals surface area contributed by atoms with Gasteiger partial charge in [-0.3, -0.25) is 24.3 Å². The van der Waals surface area contributed by atoms with E-state index in [0.717, 1.165) is 31.2 Å². The van der Waals surface area contributed by atoms with Crippen molar-refractivity contribution in [1.29, 1.82) is 0 Å². The minimum absolute atomic E-state index is 0.0161. The number of benzene rings is 2. The summed E-state index contributed by atoms with van der Waals surface area (Å²) >= 11 is 0. The van der Waals surface area contributed by atoms with E-state index >= 15 is 0 Å². The molecule has 2 aromatic carbocycles. The predicted octanol–water partition coefficient (Wildman–Crippen LogP) is 5.13. The number of nitrogens with two attached hydrogens (primary N) is 1. The third-order valence-corrected chi connectivity index (χ3v) is 8.80. The molecule has 0 bridgehead atoms. The summed E-state index contributed by atoms with van der Waals surface area (Å²) in [5.41, 5.74) is 6.58. The molecule has 2 aliphatic carbocycles. The van der Waals surface area contributed by atoms with Crippen LogP contribution >= 0.6 is 0 Å². The van der Waals surface area contributed by atoms with E-state index in [-0.39, 0.29) is 40.7 Å². The first-order valence-corrected chi connectivity index (χ1v) is 14.1. The zero-order valence-corrected chi connectivity index (χ0v) is 22.5. The molecule has 8 heteroatoms. The average molecular weight is 546 g/mol. The van der Waals surface area contributed by atoms with Gasteiger partial charge in [0.1, 0.15) is 17.2 Å². The molecule has 1 aromatic heterocycles. The van der Waals surface area contributed by atoms with E-state index in [1.54, 1.807) is 0 Å². The molecule has 0 spiro atoms. The number of hydrogen-bond acceptors (Lipinski definition) is 5. The highest BCUT2D eigenvalue weighted by Crippen LogP contribution is 2.39. The Balaban J connectivity index is 1.34. The van der Waals surface area contributed by atoms with Crippen molar-refractivity contribution in [1.82, 2.24) is 9.88 Å². The van der Waals surface area contributed by atoms with Gasteiger partial charge in [0.05, 0.1) is 5.56 Å². The highest BCUT2D eigenvalue weighted by atomic mass is 19.1. The minimum atomic E-state index is -1.05. The van der Waals surface area contributed by atoms with E-state index < -0.39 is 17.3 Å². The number of carboxylic acid groups (broad SMARTS) is 1. The summed E-state index contributed by atoms with van der Waals surface area (Å²) in [4.78, 5) is 38.9. The van der Waals surface area contributed by atoms with Crippen molar-refractivity contribution in [2.75, 3.05) is 5.73 Å². The van der Waals surface area contributed by atoms with Crippen LogP contribution in [-0.2, 0) is 11.2 Å². The van der Waals surface area contributed by atoms with Crippen molar-refractivity contribution in [3.8, 4) is 0 Å². The smallest absolute Gasteiger partial charge is 0.324 e. The van der Waals surface area contributed by atoms with Crippen LogP contribution in [0.1, 0.15) is 78.9 Å². The molecule has 1 heterocycles. The Morgan fingerprint density at radius 1 is 0.925 bits per heavy atom. The molecule has 4 N–H and O–H groups in total. The Bertz CT molecular complexity index is 1410. The van der Waals surface area contributed by atoms with Gasteiger partial charge in [-0.05, 0) is 80.3 Å². The van der Waals surface area contributed by atoms with Gasteiger partial charge in [0.25, 0.3) is 5.56 Å². The van der Waals surface area contributed by atoms with Crippen LogP contribution in [0.3, 0.4) is 0 Å². The second-order valence-electron chi connectivity index (χ2n) is 11.2. The first-order chi connectivity index (χ1) is 19.3. The number of carbonyl (C=O) groups is 2. The summed E-state index contributed by atoms with van der Waals surface area (Å²) in [6.45, 7) is 0. The van der Waals surface area contributed by atoms with Gasteiger partial charge in [0, 0.05) is 30.1 Å². The van der Waals surface area contributed by atoms with Crippen molar-refractivity contribution in [3.05, 3.63) is 99.6 Å². The third kappa shape index (κ3) is 5.59. The number of ketones is 1. The molecular formula is C32H36FN3O4. The number of halogens is 1. The molecule has 0 amide bonds. The number of nitrogen functional groups attached to an aromatic ring is 1. The van der Waals surface area contributed by atoms with Gasteiger partial charge in [0.2, 0.25) is 0 Å². The fourth-order valence-corrected chi connectivity index (χ4v) is 6.70. The standard InChI is InChI=1S/C32H36FN3O4/c33-24-12-10-22(11-13-24)29(38)27-18-19-28(37)36(30(27)34)26-16-14-25(15-17-26)35-32(31(39)40,23-8-4-5-9-23)20-21-6-2-1-3-7-21/h1-3,6-7,10-13,18-19,23,25-26,35H,4-5,8-9,14-17,20,34H2,(H,39,40). The molecule has 2 saturated carbocycles. The summed E-state index contributed by atoms with van der Waals surface area (Å²) in [5, 5.41) is 14.2. The van der Waals surface area contributed by atoms with Gasteiger partial charge in [-0.15, -0.1) is 0 Å². The Hall–Kier alpha value is -3.78. The molecule has 0 radical (unpaired) electrons. The summed E-state index contributed by atoms with van der Waals surface area (Å²) in [6, 6.07) is 17.6. The summed E-state index contributed by atoms with van der Waals surface area (Å²) in [5.74, 6) is -1.46. The van der Waals surface area contributed by atoms with Crippen molar-refractivity contribution in [2.45, 2.75) is 75.4 Å². The van der Waals surface area contributed by atoms with E-state index in [0.29, 0.717) is 37.7 Å². The zero-order valence-electron chi connectivity index (χ0n) is 22.5. The van der Waals surface area contributed by atoms with E-state index in [2.05, 4.69) is 5.32 Å². The van der Waals surface area contributed by atoms with E-state index in [1.807, 2.05) is 30.3 Å². The van der Waals surface area contributed by atoms with Crippen molar-refractivity contribution in [2.24, 2.45) is 5.92 Å². The van der Waals surface area contributed by atoms with Crippen LogP contribution in [0.15, 0.2) is 71.5 Å². The van der Waals surface area contributed by atoms with Crippen molar-refractivity contribution in [3.63, 3.8) is 0 Å². The van der Waals surface area contributed by atoms with E-state index in [4.69, 9.17) is 5.73 Å². The second-order valence-corrected chi connectivity index (χ2v) is 11.2. The quantitative estimate of drug-likeness (QED) is 0.321. The van der Waals surface area contributed by atoms with Gasteiger partial charge < -0.3 is 10.8 Å². The lowest BCUT2D eigenvalue weighted by molar-refractivity contribution is -0.148. The number of aromatic nitrogens is 1. The fraction of sp³-hybridized carbons (Fsp3) is 0.406. The number of nitrogens with zero attached hydrogens (tertiary/aromatic N) is 1. The van der Waals surface area contributed by atoms with Gasteiger partial charge >= 0.3 is 5.97 Å². The highest BCUT2D eigenvalue weighted by molar-refractivity contribution is 6.11. The SMILES string of the molecule is Nc1c(C(=O)c2ccc(F)cc2)ccc(=O)n1C1CCC(NC(Cc2ccccc2)(C(=O)O)C2CCCC2)CC1. The maximum absolute atomic E-state index is 13.3. The maximum atomic E-state index is 13.3. The lowest BCUT2D eigenvalue weighted by atomic mass is 9.76. The number of anilines is 1. The topological polar surface area (TPSA) is 114 Å². The average Bonchev–Trinajstić information content (AvgIpc) is 3.50. The molecule has 2 aliphatic rings. The Labute approximate surface area is 233 Å². The summed E-state index contributed by atoms with van der Waals surface area (Å²) in [6.07, 6.45) is 6.91. The highest BCUT2D eigenvalue weighted by Gasteiger charge is 2.48. The minimum Gasteiger partial charge on any atom is -0.480 e. The number of rotatable bonds is 9. The van der Waals surface area contributed by atoms with Crippen LogP contribution in [0, 0.1) is 11.7 Å². The number of nitrogens with one attached hydrogen (secondary N) is 1. The molecule has 1 atom stereocenters. The molecule has 40 heavy (non-hydrogen) atoms. The zero-order chi connectivity index (χ0) is 28.3. The molecule has 1 unspecified atom stereocenters. The van der Waals surface area contributed by atoms with E-state index in [9.17, 15) is 23.9 Å². The predicted molar refractivity (Wildman–Crippen MR) is 152 cm³/mol. The van der Waals surface area contributed by atoms with E-state index in [1.165, 1.54) is 41.0 Å². The van der Waals surface area contributed by atoms with Gasteiger partial charge in [-0.2, -0.15) is 0 Å². The molecule has 0 saturated heterocycles. The monoisotopic (exact) mass is 545 g/mol. The molecule has 210 valence electrons. The lowest BCUT2D eigenvalue weighted by Crippen LogP contribution is -2.62. The fourth-order valence-electron chi connectivity index (χ4n) is 6.70. The number of carbonyl (C=O) groups excluding carboxylic acids is 1. The summed E-state index contributed by atoms with van der Waals surface area (Å²) in [7, 11) is 0. The van der Waals surface area contributed by atoms with Crippen LogP contribution in [0.2, 0.25) is 0 Å². The summed E-state index contributed by atoms with van der Waals surface area (Å²) < 4.78 is 14.8. The second kappa shape index (κ2) is 11.8. The molecule has 7 nitrogen and oxygen atoms in total. The third-order valence-electron chi connectivity index (χ3n) is 8.80. The lowest BCUT2D eigenvalue weighted by Gasteiger charge is -2.42. The molecular weight excluding hydrogens is 509 g/mol. The first-order valence-electron chi connectivity index (χ1n) is 14.1. The number of carboxylic acids is 1. The largest absolute Gasteiger partial charge is 0.480 e. The van der Waals surface area contributed by atoms with Crippen LogP contribution in [-0.4, -0.2) is 33.0 Å². The molecule has 2 fully saturated rings. The number of hydrogen-bond donors (Lipinski definition) is 3. The van der Waals surface area contributed by atoms with Crippen molar-refractivity contribution < 1.29 is 19.1 Å². The van der Waals surface area contributed by atoms with Crippen LogP contribution in [0.5, 0.6) is 0 Å². The first kappa shape index (κ1) is 27.8. The van der Waals surface area contributed by atoms with Crippen LogP contribution in [0.4, 0.5) is 10.2 Å².